The first-order chi connectivity index (χ1) is 14.3. The Kier molecular flexibility index (Phi) is 6.16. The van der Waals surface area contributed by atoms with Gasteiger partial charge in [0.05, 0.1) is 5.69 Å². The predicted molar refractivity (Wildman–Crippen MR) is 108 cm³/mol. The summed E-state index contributed by atoms with van der Waals surface area (Å²) in [7, 11) is -4.05. The summed E-state index contributed by atoms with van der Waals surface area (Å²) >= 11 is -0.306. The van der Waals surface area contributed by atoms with E-state index in [0.717, 1.165) is 4.90 Å². The number of aromatic nitrogens is 1. The lowest BCUT2D eigenvalue weighted by Crippen LogP contribution is -2.35. The Morgan fingerprint density at radius 1 is 1.23 bits per heavy atom. The second-order valence-electron chi connectivity index (χ2n) is 6.55. The van der Waals surface area contributed by atoms with E-state index in [-0.39, 0.29) is 28.2 Å². The number of imide groups is 1. The van der Waals surface area contributed by atoms with Crippen LogP contribution in [0.4, 0.5) is 29.5 Å². The van der Waals surface area contributed by atoms with Crippen molar-refractivity contribution in [2.24, 2.45) is 5.14 Å². The van der Waals surface area contributed by atoms with Gasteiger partial charge < -0.3 is 5.32 Å². The highest BCUT2D eigenvalue weighted by Crippen LogP contribution is 2.37. The Bertz CT molecular complexity index is 1110. The fourth-order valence-electron chi connectivity index (χ4n) is 3.00. The maximum absolute atomic E-state index is 12.9. The molecule has 1 aliphatic heterocycles. The standard InChI is InChI=1S/C17H16F3N5O4S2/c1-9(10-6-7-22-13(8-10)24-31(21,28)29)14-15(26)25(16(27)23-14)11-2-4-12(5-3-11)30-17(18,19)20/h2-9,14H,1H3,(H,22,24)(H,23,27)(H2,21,28,29). The molecule has 3 amide bonds. The second-order valence-corrected chi connectivity index (χ2v) is 8.99. The number of benzene rings is 1. The van der Waals surface area contributed by atoms with Crippen molar-refractivity contribution in [1.82, 2.24) is 10.3 Å². The molecule has 0 saturated carbocycles. The predicted octanol–water partition coefficient (Wildman–Crippen LogP) is 2.54. The monoisotopic (exact) mass is 475 g/mol. The average Bonchev–Trinajstić information content (AvgIpc) is 2.94. The summed E-state index contributed by atoms with van der Waals surface area (Å²) in [4.78, 5) is 29.8. The van der Waals surface area contributed by atoms with Crippen molar-refractivity contribution >= 4 is 45.4 Å². The normalized spacial score (nSPS) is 18.1. The largest absolute Gasteiger partial charge is 0.446 e. The Morgan fingerprint density at radius 3 is 2.45 bits per heavy atom. The third-order valence-corrected chi connectivity index (χ3v) is 5.59. The van der Waals surface area contributed by atoms with Crippen molar-refractivity contribution in [2.75, 3.05) is 9.62 Å². The Morgan fingerprint density at radius 2 is 1.87 bits per heavy atom. The molecule has 1 aliphatic rings. The highest BCUT2D eigenvalue weighted by molar-refractivity contribution is 8.00. The Labute approximate surface area is 179 Å². The molecule has 2 atom stereocenters. The van der Waals surface area contributed by atoms with Crippen LogP contribution in [0.1, 0.15) is 18.4 Å². The number of hydrogen-bond donors (Lipinski definition) is 3. The third kappa shape index (κ3) is 5.65. The molecule has 1 fully saturated rings. The number of nitrogens with zero attached hydrogens (tertiary/aromatic N) is 2. The summed E-state index contributed by atoms with van der Waals surface area (Å²) < 4.78 is 61.8. The number of carbonyl (C=O) groups is 2. The number of carbonyl (C=O) groups excluding carboxylic acids is 2. The van der Waals surface area contributed by atoms with E-state index in [0.29, 0.717) is 5.56 Å². The molecule has 0 aliphatic carbocycles. The minimum absolute atomic E-state index is 0.0572. The summed E-state index contributed by atoms with van der Waals surface area (Å²) in [5.74, 6) is -1.24. The molecule has 1 aromatic carbocycles. The molecular weight excluding hydrogens is 459 g/mol. The van der Waals surface area contributed by atoms with Crippen molar-refractivity contribution < 1.29 is 31.2 Å². The number of pyridine rings is 1. The quantitative estimate of drug-likeness (QED) is 0.434. The van der Waals surface area contributed by atoms with Crippen LogP contribution in [0.5, 0.6) is 0 Å². The van der Waals surface area contributed by atoms with Crippen LogP contribution in [0.15, 0.2) is 47.5 Å². The molecule has 9 nitrogen and oxygen atoms in total. The van der Waals surface area contributed by atoms with Crippen LogP contribution < -0.4 is 20.1 Å². The van der Waals surface area contributed by atoms with Crippen LogP contribution >= 0.6 is 11.8 Å². The summed E-state index contributed by atoms with van der Waals surface area (Å²) in [5, 5.41) is 7.46. The first-order valence-corrected chi connectivity index (χ1v) is 11.0. The van der Waals surface area contributed by atoms with E-state index in [4.69, 9.17) is 5.14 Å². The van der Waals surface area contributed by atoms with Gasteiger partial charge in [0.1, 0.15) is 11.9 Å². The molecule has 2 heterocycles. The smallest absolute Gasteiger partial charge is 0.325 e. The molecule has 1 aromatic heterocycles. The number of nitrogens with two attached hydrogens (primary N) is 1. The fraction of sp³-hybridized carbons (Fsp3) is 0.235. The summed E-state index contributed by atoms with van der Waals surface area (Å²) in [6, 6.07) is 6.04. The zero-order chi connectivity index (χ0) is 23.0. The van der Waals surface area contributed by atoms with Crippen molar-refractivity contribution in [1.29, 1.82) is 0 Å². The van der Waals surface area contributed by atoms with Crippen molar-refractivity contribution in [3.63, 3.8) is 0 Å². The molecule has 3 rings (SSSR count). The van der Waals surface area contributed by atoms with Crippen LogP contribution in [0, 0.1) is 0 Å². The third-order valence-electron chi connectivity index (χ3n) is 4.35. The minimum atomic E-state index is -4.45. The van der Waals surface area contributed by atoms with E-state index in [1.165, 1.54) is 36.5 Å². The lowest BCUT2D eigenvalue weighted by Gasteiger charge is -2.19. The number of urea groups is 1. The molecule has 0 spiro atoms. The number of halogens is 3. The van der Waals surface area contributed by atoms with E-state index in [1.807, 2.05) is 4.72 Å². The molecule has 4 N–H and O–H groups in total. The maximum Gasteiger partial charge on any atom is 0.446 e. The maximum atomic E-state index is 12.9. The molecule has 0 bridgehead atoms. The fourth-order valence-corrected chi connectivity index (χ4v) is 3.95. The molecule has 0 radical (unpaired) electrons. The van der Waals surface area contributed by atoms with E-state index >= 15 is 0 Å². The zero-order valence-electron chi connectivity index (χ0n) is 15.8. The number of rotatable bonds is 6. The van der Waals surface area contributed by atoms with E-state index in [9.17, 15) is 31.2 Å². The zero-order valence-corrected chi connectivity index (χ0v) is 17.4. The van der Waals surface area contributed by atoms with Gasteiger partial charge in [-0.1, -0.05) is 6.92 Å². The lowest BCUT2D eigenvalue weighted by molar-refractivity contribution is -0.118. The minimum Gasteiger partial charge on any atom is -0.325 e. The van der Waals surface area contributed by atoms with Crippen LogP contribution in [-0.2, 0) is 15.0 Å². The summed E-state index contributed by atoms with van der Waals surface area (Å²) in [6.45, 7) is 1.64. The molecular formula is C17H16F3N5O4S2. The second kappa shape index (κ2) is 8.36. The summed E-state index contributed by atoms with van der Waals surface area (Å²) in [5.41, 5.74) is -3.83. The van der Waals surface area contributed by atoms with Crippen molar-refractivity contribution in [3.8, 4) is 0 Å². The average molecular weight is 475 g/mol. The van der Waals surface area contributed by atoms with Crippen LogP contribution in [0.2, 0.25) is 0 Å². The van der Waals surface area contributed by atoms with Crippen LogP contribution in [-0.4, -0.2) is 36.9 Å². The van der Waals surface area contributed by atoms with E-state index in [2.05, 4.69) is 10.3 Å². The number of amides is 3. The number of hydrogen-bond acceptors (Lipinski definition) is 6. The summed E-state index contributed by atoms with van der Waals surface area (Å²) in [6.07, 6.45) is 1.31. The number of thioether (sulfide) groups is 1. The number of alkyl halides is 3. The van der Waals surface area contributed by atoms with Gasteiger partial charge in [0.2, 0.25) is 0 Å². The molecule has 31 heavy (non-hydrogen) atoms. The van der Waals surface area contributed by atoms with E-state index in [1.54, 1.807) is 13.0 Å². The van der Waals surface area contributed by atoms with E-state index < -0.39 is 39.6 Å². The van der Waals surface area contributed by atoms with Gasteiger partial charge in [-0.2, -0.15) is 21.6 Å². The van der Waals surface area contributed by atoms with Gasteiger partial charge in [-0.25, -0.2) is 19.8 Å². The highest BCUT2D eigenvalue weighted by atomic mass is 32.2. The van der Waals surface area contributed by atoms with Gasteiger partial charge in [-0.3, -0.25) is 9.52 Å². The number of anilines is 2. The first-order valence-electron chi connectivity index (χ1n) is 8.61. The van der Waals surface area contributed by atoms with Gasteiger partial charge in [0, 0.05) is 17.0 Å². The molecule has 2 aromatic rings. The number of nitrogens with one attached hydrogen (secondary N) is 2. The SMILES string of the molecule is CC(c1ccnc(NS(N)(=O)=O)c1)C1NC(=O)N(c2ccc(SC(F)(F)F)cc2)C1=O. The molecule has 166 valence electrons. The van der Waals surface area contributed by atoms with Gasteiger partial charge in [-0.05, 0) is 53.7 Å². The lowest BCUT2D eigenvalue weighted by atomic mass is 9.94. The molecule has 14 heteroatoms. The van der Waals surface area contributed by atoms with Crippen LogP contribution in [0.25, 0.3) is 0 Å². The van der Waals surface area contributed by atoms with Gasteiger partial charge >= 0.3 is 11.5 Å². The molecule has 1 saturated heterocycles. The topological polar surface area (TPSA) is 134 Å². The first kappa shape index (κ1) is 22.8. The van der Waals surface area contributed by atoms with Crippen molar-refractivity contribution in [2.45, 2.75) is 29.3 Å². The Hall–Kier alpha value is -2.84. The van der Waals surface area contributed by atoms with Gasteiger partial charge in [0.15, 0.2) is 0 Å². The van der Waals surface area contributed by atoms with Gasteiger partial charge in [0.25, 0.3) is 16.1 Å². The van der Waals surface area contributed by atoms with Crippen LogP contribution in [0.3, 0.4) is 0 Å². The van der Waals surface area contributed by atoms with Gasteiger partial charge in [-0.15, -0.1) is 0 Å². The molecule has 2 unspecified atom stereocenters. The van der Waals surface area contributed by atoms with Crippen molar-refractivity contribution in [3.05, 3.63) is 48.2 Å². The highest BCUT2D eigenvalue weighted by Gasteiger charge is 2.42. The Balaban J connectivity index is 1.79.